The number of carbonyl (C=O) groups excluding carboxylic acids is 2. The Balaban J connectivity index is 1.14. The maximum absolute atomic E-state index is 13.8. The van der Waals surface area contributed by atoms with E-state index < -0.39 is 64.2 Å². The van der Waals surface area contributed by atoms with Gasteiger partial charge < -0.3 is 25.7 Å². The Kier molecular flexibility index (Phi) is 11.6. The predicted octanol–water partition coefficient (Wildman–Crippen LogP) is 5.47. The number of alkyl halides is 2. The molecule has 0 saturated carbocycles. The van der Waals surface area contributed by atoms with E-state index >= 15 is 0 Å². The summed E-state index contributed by atoms with van der Waals surface area (Å²) in [7, 11) is 0. The first-order valence-corrected chi connectivity index (χ1v) is 20.4. The van der Waals surface area contributed by atoms with Gasteiger partial charge in [-0.05, 0) is 22.3 Å². The SMILES string of the molecule is O=C(O)C1=C(CSc2s[nH]c(=O)c2C(=O)O)CS[C@@H]2C(NC(=O)C(=NOC(F)F)c3csc(NC(c4ccccc4)(c4ccccc4)c4ccccc4)n3)C(=O)N12. The lowest BCUT2D eigenvalue weighted by atomic mass is 9.77. The summed E-state index contributed by atoms with van der Waals surface area (Å²) in [6.07, 6.45) is 0. The topological polar surface area (TPSA) is 203 Å². The number of oxime groups is 1. The number of thiazole rings is 1. The average molecular weight is 851 g/mol. The van der Waals surface area contributed by atoms with Crippen LogP contribution in [0.4, 0.5) is 13.9 Å². The zero-order valence-electron chi connectivity index (χ0n) is 29.0. The van der Waals surface area contributed by atoms with Crippen molar-refractivity contribution in [2.24, 2.45) is 5.16 Å². The van der Waals surface area contributed by atoms with Crippen molar-refractivity contribution in [1.29, 1.82) is 0 Å². The number of carboxylic acid groups (broad SMARTS) is 2. The molecule has 14 nitrogen and oxygen atoms in total. The molecule has 0 spiro atoms. The van der Waals surface area contributed by atoms with Gasteiger partial charge in [-0.25, -0.2) is 14.6 Å². The van der Waals surface area contributed by atoms with Crippen molar-refractivity contribution in [3.05, 3.63) is 146 Å². The third-order valence-corrected chi connectivity index (χ3v) is 13.2. The summed E-state index contributed by atoms with van der Waals surface area (Å²) >= 11 is 3.95. The highest BCUT2D eigenvalue weighted by atomic mass is 32.2. The van der Waals surface area contributed by atoms with Crippen LogP contribution in [0.5, 0.6) is 0 Å². The molecule has 292 valence electrons. The van der Waals surface area contributed by atoms with Gasteiger partial charge in [-0.2, -0.15) is 8.78 Å². The van der Waals surface area contributed by atoms with Gasteiger partial charge in [0.1, 0.15) is 28.3 Å². The van der Waals surface area contributed by atoms with Crippen LogP contribution < -0.4 is 16.2 Å². The molecule has 1 fully saturated rings. The molecule has 7 rings (SSSR count). The normalized spacial score (nSPS) is 16.9. The largest absolute Gasteiger partial charge is 0.477 e. The predicted molar refractivity (Wildman–Crippen MR) is 211 cm³/mol. The number of rotatable bonds is 15. The minimum Gasteiger partial charge on any atom is -0.477 e. The summed E-state index contributed by atoms with van der Waals surface area (Å²) in [6, 6.07) is 27.5. The molecule has 0 aliphatic carbocycles. The number of anilines is 1. The minimum atomic E-state index is -3.39. The summed E-state index contributed by atoms with van der Waals surface area (Å²) in [4.78, 5) is 72.9. The van der Waals surface area contributed by atoms with Crippen molar-refractivity contribution in [2.45, 2.75) is 27.8 Å². The third-order valence-electron chi connectivity index (χ3n) is 8.90. The molecule has 2 amide bonds. The number of aromatic nitrogens is 2. The minimum absolute atomic E-state index is 0.0434. The monoisotopic (exact) mass is 850 g/mol. The lowest BCUT2D eigenvalue weighted by Crippen LogP contribution is -2.71. The van der Waals surface area contributed by atoms with Crippen LogP contribution in [0, 0.1) is 0 Å². The van der Waals surface area contributed by atoms with Gasteiger partial charge >= 0.3 is 18.6 Å². The van der Waals surface area contributed by atoms with E-state index in [0.29, 0.717) is 0 Å². The third kappa shape index (κ3) is 7.80. The zero-order chi connectivity index (χ0) is 40.3. The molecule has 0 bridgehead atoms. The Labute approximate surface area is 337 Å². The van der Waals surface area contributed by atoms with Crippen LogP contribution in [-0.4, -0.2) is 83.5 Å². The second kappa shape index (κ2) is 16.7. The number of fused-ring (bicyclic) bond motifs is 1. The van der Waals surface area contributed by atoms with Gasteiger partial charge in [0.25, 0.3) is 17.4 Å². The van der Waals surface area contributed by atoms with Crippen molar-refractivity contribution < 1.29 is 43.0 Å². The van der Waals surface area contributed by atoms with E-state index in [9.17, 15) is 43.0 Å². The average Bonchev–Trinajstić information content (AvgIpc) is 3.84. The number of carboxylic acids is 2. The van der Waals surface area contributed by atoms with Gasteiger partial charge in [0.05, 0.1) is 4.21 Å². The van der Waals surface area contributed by atoms with Crippen LogP contribution in [-0.2, 0) is 24.8 Å². The highest BCUT2D eigenvalue weighted by Gasteiger charge is 2.54. The lowest BCUT2D eigenvalue weighted by molar-refractivity contribution is -0.150. The van der Waals surface area contributed by atoms with Crippen LogP contribution >= 0.6 is 46.4 Å². The standard InChI is InChI=1S/C37H28F2N6O8S4/c38-35(39)53-43-25(23-18-56-36(40-23)42-37(20-10-4-1-5-11-20,21-12-6-2-7-13-21)22-14-8-3-9-15-22)29(47)41-26-30(48)45-27(33(51)52)19(16-54-31(26)45)17-55-34-24(32(49)50)28(46)44-57-34/h1-15,18,26,31,35H,16-17H2,(H,40,42)(H,41,47)(H,44,46)(H,49,50)(H,51,52)/t26?,31-/m1/s1. The first kappa shape index (κ1) is 39.4. The molecule has 57 heavy (non-hydrogen) atoms. The number of amides is 2. The molecular formula is C37H28F2N6O8S4. The molecule has 2 atom stereocenters. The summed E-state index contributed by atoms with van der Waals surface area (Å²) < 4.78 is 29.1. The van der Waals surface area contributed by atoms with Crippen LogP contribution in [0.15, 0.2) is 122 Å². The Morgan fingerprint density at radius 3 is 2.11 bits per heavy atom. The summed E-state index contributed by atoms with van der Waals surface area (Å²) in [5.41, 5.74) is -0.542. The summed E-state index contributed by atoms with van der Waals surface area (Å²) in [5, 5.41) is 29.8. The number of aromatic carboxylic acids is 1. The van der Waals surface area contributed by atoms with Gasteiger partial charge in [-0.3, -0.25) is 23.7 Å². The molecule has 2 aliphatic rings. The second-order valence-electron chi connectivity index (χ2n) is 12.2. The fourth-order valence-electron chi connectivity index (χ4n) is 6.41. The van der Waals surface area contributed by atoms with E-state index in [2.05, 4.69) is 30.0 Å². The number of aromatic amines is 1. The fourth-order valence-corrected chi connectivity index (χ4v) is 10.6. The molecular weight excluding hydrogens is 823 g/mol. The Morgan fingerprint density at radius 1 is 0.965 bits per heavy atom. The Bertz CT molecular complexity index is 2350. The van der Waals surface area contributed by atoms with Crippen molar-refractivity contribution >= 4 is 81.0 Å². The molecule has 5 N–H and O–H groups in total. The second-order valence-corrected chi connectivity index (χ2v) is 16.2. The van der Waals surface area contributed by atoms with Crippen LogP contribution in [0.25, 0.3) is 0 Å². The molecule has 20 heteroatoms. The van der Waals surface area contributed by atoms with Crippen molar-refractivity contribution in [3.63, 3.8) is 0 Å². The first-order valence-electron chi connectivity index (χ1n) is 16.7. The maximum atomic E-state index is 13.8. The molecule has 5 aromatic rings. The van der Waals surface area contributed by atoms with E-state index in [0.717, 1.165) is 68.0 Å². The van der Waals surface area contributed by atoms with E-state index in [1.807, 2.05) is 91.0 Å². The van der Waals surface area contributed by atoms with Gasteiger partial charge in [0, 0.05) is 16.9 Å². The number of hydrogen-bond donors (Lipinski definition) is 5. The number of β-lactam (4-membered cyclic amide) rings is 1. The quantitative estimate of drug-likeness (QED) is 0.0293. The molecule has 0 radical (unpaired) electrons. The Morgan fingerprint density at radius 2 is 1.56 bits per heavy atom. The summed E-state index contributed by atoms with van der Waals surface area (Å²) in [6.45, 7) is -3.39. The molecule has 2 aromatic heterocycles. The summed E-state index contributed by atoms with van der Waals surface area (Å²) in [5.74, 6) is -4.68. The van der Waals surface area contributed by atoms with Crippen LogP contribution in [0.2, 0.25) is 0 Å². The van der Waals surface area contributed by atoms with E-state index in [1.54, 1.807) is 0 Å². The smallest absolute Gasteiger partial charge is 0.407 e. The number of carbonyl (C=O) groups is 4. The maximum Gasteiger partial charge on any atom is 0.407 e. The van der Waals surface area contributed by atoms with Gasteiger partial charge in [-0.15, -0.1) is 34.9 Å². The van der Waals surface area contributed by atoms with Crippen molar-refractivity contribution in [3.8, 4) is 0 Å². The van der Waals surface area contributed by atoms with Crippen LogP contribution in [0.3, 0.4) is 0 Å². The Hall–Kier alpha value is -5.83. The van der Waals surface area contributed by atoms with Crippen molar-refractivity contribution in [1.82, 2.24) is 19.6 Å². The van der Waals surface area contributed by atoms with E-state index in [4.69, 9.17) is 0 Å². The van der Waals surface area contributed by atoms with E-state index in [-0.39, 0.29) is 37.8 Å². The highest BCUT2D eigenvalue weighted by molar-refractivity contribution is 8.02. The van der Waals surface area contributed by atoms with Crippen molar-refractivity contribution in [2.75, 3.05) is 16.8 Å². The highest BCUT2D eigenvalue weighted by Crippen LogP contribution is 2.43. The first-order chi connectivity index (χ1) is 27.5. The number of thioether (sulfide) groups is 2. The number of hydrogen-bond acceptors (Lipinski definition) is 13. The van der Waals surface area contributed by atoms with Gasteiger partial charge in [0.15, 0.2) is 16.4 Å². The zero-order valence-corrected chi connectivity index (χ0v) is 32.2. The lowest BCUT2D eigenvalue weighted by Gasteiger charge is -2.49. The van der Waals surface area contributed by atoms with E-state index in [1.165, 1.54) is 5.38 Å². The molecule has 1 unspecified atom stereocenters. The molecule has 3 aromatic carbocycles. The van der Waals surface area contributed by atoms with Crippen LogP contribution in [0.1, 0.15) is 32.7 Å². The van der Waals surface area contributed by atoms with Gasteiger partial charge in [0.2, 0.25) is 0 Å². The number of H-pyrrole nitrogens is 1. The molecule has 2 aliphatic heterocycles. The number of halogens is 2. The number of nitrogens with zero attached hydrogens (tertiary/aromatic N) is 3. The number of aliphatic carboxylic acids is 1. The molecule has 1 saturated heterocycles. The molecule has 4 heterocycles. The number of nitrogens with one attached hydrogen (secondary N) is 3. The number of benzene rings is 3. The fraction of sp³-hybridized carbons (Fsp3) is 0.162. The van der Waals surface area contributed by atoms with Gasteiger partial charge in [-0.1, -0.05) is 108 Å².